The smallest absolute Gasteiger partial charge is 0.328 e. The molecule has 0 N–H and O–H groups in total. The van der Waals surface area contributed by atoms with Crippen molar-refractivity contribution in [3.8, 4) is 11.8 Å². The summed E-state index contributed by atoms with van der Waals surface area (Å²) in [5.41, 5.74) is -0.141. The number of likely N-dealkylation sites (N-methyl/N-ethyl adjacent to an activating group) is 1. The lowest BCUT2D eigenvalue weighted by Gasteiger charge is -2.26. The average Bonchev–Trinajstić information content (AvgIpc) is 3.04. The van der Waals surface area contributed by atoms with E-state index in [2.05, 4.69) is 22.0 Å². The van der Waals surface area contributed by atoms with Crippen molar-refractivity contribution in [3.63, 3.8) is 0 Å². The maximum Gasteiger partial charge on any atom is 0.328 e. The number of aromatic nitrogens is 2. The molecule has 6 nitrogen and oxygen atoms in total. The third-order valence-electron chi connectivity index (χ3n) is 6.12. The van der Waals surface area contributed by atoms with Gasteiger partial charge in [-0.2, -0.15) is 5.10 Å². The monoisotopic (exact) mass is 457 g/mol. The second-order valence-corrected chi connectivity index (χ2v) is 8.88. The van der Waals surface area contributed by atoms with Crippen LogP contribution in [0.2, 0.25) is 0 Å². The summed E-state index contributed by atoms with van der Waals surface area (Å²) in [6.07, 6.45) is 0.207. The van der Waals surface area contributed by atoms with E-state index in [1.54, 1.807) is 36.2 Å². The normalized spacial score (nSPS) is 18.8. The van der Waals surface area contributed by atoms with E-state index in [9.17, 15) is 14.0 Å². The summed E-state index contributed by atoms with van der Waals surface area (Å²) >= 11 is 0. The minimum atomic E-state index is -1.59. The number of hydrogen-bond acceptors (Lipinski definition) is 5. The van der Waals surface area contributed by atoms with Crippen LogP contribution < -0.4 is 0 Å². The van der Waals surface area contributed by atoms with Crippen molar-refractivity contribution in [3.05, 3.63) is 95.1 Å². The molecule has 7 heteroatoms. The molecule has 1 fully saturated rings. The number of esters is 1. The Hall–Kier alpha value is -4.05. The number of carbonyl (C=O) groups excluding carboxylic acids is 2. The number of amides is 1. The molecule has 0 saturated carbocycles. The number of hydrogen-bond donors (Lipinski definition) is 0. The van der Waals surface area contributed by atoms with E-state index in [0.29, 0.717) is 11.3 Å². The molecule has 0 aliphatic carbocycles. The summed E-state index contributed by atoms with van der Waals surface area (Å²) in [5.74, 6) is 4.38. The Labute approximate surface area is 197 Å². The Morgan fingerprint density at radius 3 is 2.32 bits per heavy atom. The van der Waals surface area contributed by atoms with Crippen molar-refractivity contribution in [2.45, 2.75) is 37.8 Å². The minimum absolute atomic E-state index is 0.0491. The molecule has 1 aromatic heterocycles. The van der Waals surface area contributed by atoms with Crippen LogP contribution in [0.4, 0.5) is 4.39 Å². The number of ether oxygens (including phenoxy) is 1. The number of rotatable bonds is 4. The van der Waals surface area contributed by atoms with Gasteiger partial charge in [-0.25, -0.2) is 4.39 Å². The Kier molecular flexibility index (Phi) is 6.16. The fraction of sp³-hybridized carbons (Fsp3) is 0.259. The predicted octanol–water partition coefficient (Wildman–Crippen LogP) is 3.64. The van der Waals surface area contributed by atoms with Crippen LogP contribution in [-0.2, 0) is 26.3 Å². The fourth-order valence-corrected chi connectivity index (χ4v) is 4.01. The molecule has 1 amide bonds. The molecule has 1 aliphatic heterocycles. The van der Waals surface area contributed by atoms with Gasteiger partial charge in [0.2, 0.25) is 5.91 Å². The summed E-state index contributed by atoms with van der Waals surface area (Å²) in [6.45, 7) is 3.84. The highest BCUT2D eigenvalue weighted by Gasteiger charge is 2.62. The zero-order valence-electron chi connectivity index (χ0n) is 19.2. The standard InChI is InChI=1S/C27H24FN3O3/c1-26(2)18-27(24(32)31(26)3,25(33)34-17-20-7-5-4-6-8-20)23-16-15-22(29-30-23)14-11-19-9-12-21(28)13-10-19/h4-10,12-13,15-16H,17-18H2,1-3H3. The molecule has 4 rings (SSSR count). The van der Waals surface area contributed by atoms with Crippen molar-refractivity contribution >= 4 is 11.9 Å². The van der Waals surface area contributed by atoms with Crippen LogP contribution in [0.1, 0.15) is 42.8 Å². The van der Waals surface area contributed by atoms with Crippen molar-refractivity contribution in [1.29, 1.82) is 0 Å². The van der Waals surface area contributed by atoms with Gasteiger partial charge < -0.3 is 9.64 Å². The lowest BCUT2D eigenvalue weighted by molar-refractivity contribution is -0.156. The molecule has 0 bridgehead atoms. The average molecular weight is 458 g/mol. The van der Waals surface area contributed by atoms with E-state index in [-0.39, 0.29) is 30.4 Å². The summed E-state index contributed by atoms with van der Waals surface area (Å²) < 4.78 is 18.7. The molecule has 1 atom stereocenters. The molecule has 34 heavy (non-hydrogen) atoms. The Morgan fingerprint density at radius 2 is 1.74 bits per heavy atom. The topological polar surface area (TPSA) is 72.4 Å². The first-order valence-electron chi connectivity index (χ1n) is 10.8. The summed E-state index contributed by atoms with van der Waals surface area (Å²) in [6, 6.07) is 18.3. The molecule has 2 heterocycles. The third-order valence-corrected chi connectivity index (χ3v) is 6.12. The summed E-state index contributed by atoms with van der Waals surface area (Å²) in [7, 11) is 1.67. The van der Waals surface area contributed by atoms with E-state index >= 15 is 0 Å². The summed E-state index contributed by atoms with van der Waals surface area (Å²) in [4.78, 5) is 28.4. The Morgan fingerprint density at radius 1 is 1.03 bits per heavy atom. The van der Waals surface area contributed by atoms with E-state index in [4.69, 9.17) is 4.74 Å². The van der Waals surface area contributed by atoms with Crippen LogP contribution >= 0.6 is 0 Å². The number of benzene rings is 2. The number of likely N-dealkylation sites (tertiary alicyclic amines) is 1. The van der Waals surface area contributed by atoms with Crippen LogP contribution in [0.3, 0.4) is 0 Å². The van der Waals surface area contributed by atoms with Crippen LogP contribution in [0.5, 0.6) is 0 Å². The summed E-state index contributed by atoms with van der Waals surface area (Å²) in [5, 5.41) is 8.36. The van der Waals surface area contributed by atoms with Gasteiger partial charge in [-0.1, -0.05) is 36.3 Å². The van der Waals surface area contributed by atoms with Gasteiger partial charge in [-0.15, -0.1) is 5.10 Å². The molecule has 0 spiro atoms. The molecule has 3 aromatic rings. The van der Waals surface area contributed by atoms with Crippen LogP contribution in [0.15, 0.2) is 66.7 Å². The molecule has 1 unspecified atom stereocenters. The van der Waals surface area contributed by atoms with Crippen molar-refractivity contribution in [2.75, 3.05) is 7.05 Å². The van der Waals surface area contributed by atoms with Gasteiger partial charge in [0.15, 0.2) is 5.41 Å². The molecular weight excluding hydrogens is 433 g/mol. The van der Waals surface area contributed by atoms with Crippen LogP contribution in [0.25, 0.3) is 0 Å². The van der Waals surface area contributed by atoms with Gasteiger partial charge in [-0.3, -0.25) is 9.59 Å². The fourth-order valence-electron chi connectivity index (χ4n) is 4.01. The van der Waals surface area contributed by atoms with E-state index < -0.39 is 16.9 Å². The molecule has 172 valence electrons. The van der Waals surface area contributed by atoms with E-state index in [1.165, 1.54) is 12.1 Å². The minimum Gasteiger partial charge on any atom is -0.460 e. The first-order valence-corrected chi connectivity index (χ1v) is 10.8. The second-order valence-electron chi connectivity index (χ2n) is 8.88. The van der Waals surface area contributed by atoms with Gasteiger partial charge in [-0.05, 0) is 61.7 Å². The zero-order chi connectivity index (χ0) is 24.3. The van der Waals surface area contributed by atoms with Crippen LogP contribution in [0, 0.1) is 17.7 Å². The lowest BCUT2D eigenvalue weighted by atomic mass is 9.78. The van der Waals surface area contributed by atoms with Crippen LogP contribution in [-0.4, -0.2) is 39.6 Å². The number of halogens is 1. The largest absolute Gasteiger partial charge is 0.460 e. The van der Waals surface area contributed by atoms with E-state index in [0.717, 1.165) is 5.56 Å². The molecule has 1 saturated heterocycles. The highest BCUT2D eigenvalue weighted by molar-refractivity contribution is 6.10. The highest BCUT2D eigenvalue weighted by Crippen LogP contribution is 2.44. The third kappa shape index (κ3) is 4.40. The van der Waals surface area contributed by atoms with Crippen molar-refractivity contribution in [1.82, 2.24) is 15.1 Å². The maximum atomic E-state index is 13.4. The highest BCUT2D eigenvalue weighted by atomic mass is 19.1. The quantitative estimate of drug-likeness (QED) is 0.340. The van der Waals surface area contributed by atoms with Gasteiger partial charge >= 0.3 is 5.97 Å². The number of nitrogens with zero attached hydrogens (tertiary/aromatic N) is 3. The van der Waals surface area contributed by atoms with E-state index in [1.807, 2.05) is 44.2 Å². The first kappa shape index (κ1) is 23.1. The SMILES string of the molecule is CN1C(=O)C(C(=O)OCc2ccccc2)(c2ccc(C#Cc3ccc(F)cc3)nn2)CC1(C)C. The van der Waals surface area contributed by atoms with Gasteiger partial charge in [0.05, 0.1) is 5.69 Å². The first-order chi connectivity index (χ1) is 16.2. The second kappa shape index (κ2) is 9.06. The van der Waals surface area contributed by atoms with Crippen molar-refractivity contribution in [2.24, 2.45) is 0 Å². The van der Waals surface area contributed by atoms with Gasteiger partial charge in [0.1, 0.15) is 18.1 Å². The number of carbonyl (C=O) groups is 2. The zero-order valence-corrected chi connectivity index (χ0v) is 19.2. The molecule has 0 radical (unpaired) electrons. The van der Waals surface area contributed by atoms with Gasteiger partial charge in [0.25, 0.3) is 0 Å². The van der Waals surface area contributed by atoms with Crippen molar-refractivity contribution < 1.29 is 18.7 Å². The molecule has 2 aromatic carbocycles. The lowest BCUT2D eigenvalue weighted by Crippen LogP contribution is -2.45. The molecular formula is C27H24FN3O3. The maximum absolute atomic E-state index is 13.4. The Balaban J connectivity index is 1.64. The predicted molar refractivity (Wildman–Crippen MR) is 124 cm³/mol. The molecule has 1 aliphatic rings. The van der Waals surface area contributed by atoms with Gasteiger partial charge in [0, 0.05) is 24.6 Å². The Bertz CT molecular complexity index is 1260.